The molecule has 0 bridgehead atoms. The van der Waals surface area contributed by atoms with Gasteiger partial charge in [0, 0.05) is 10.8 Å². The summed E-state index contributed by atoms with van der Waals surface area (Å²) in [5.74, 6) is -0.364. The van der Waals surface area contributed by atoms with Crippen molar-refractivity contribution < 1.29 is 9.90 Å². The molecule has 1 heterocycles. The van der Waals surface area contributed by atoms with Gasteiger partial charge in [-0.3, -0.25) is 10.1 Å². The number of hydrogen-bond donors (Lipinski definition) is 2. The summed E-state index contributed by atoms with van der Waals surface area (Å²) in [7, 11) is 0. The molecule has 4 nitrogen and oxygen atoms in total. The number of amides is 1. The number of phenolic OH excluding ortho intramolecular Hbond substituents is 1. The fraction of sp³-hybridized carbons (Fsp3) is 0.0667. The van der Waals surface area contributed by atoms with Gasteiger partial charge in [0.1, 0.15) is 5.75 Å². The lowest BCUT2D eigenvalue weighted by Gasteiger charge is -2.07. The van der Waals surface area contributed by atoms with Gasteiger partial charge in [0.25, 0.3) is 5.91 Å². The molecule has 1 amide bonds. The van der Waals surface area contributed by atoms with E-state index in [0.717, 1.165) is 11.1 Å². The number of anilines is 1. The SMILES string of the molecule is Cc1csc(NC(=O)c2ccc3ccccc3c2O)n1. The Morgan fingerprint density at radius 3 is 2.80 bits per heavy atom. The Bertz CT molecular complexity index is 795. The van der Waals surface area contributed by atoms with Crippen molar-refractivity contribution in [1.82, 2.24) is 4.98 Å². The van der Waals surface area contributed by atoms with Crippen molar-refractivity contribution in [3.63, 3.8) is 0 Å². The summed E-state index contributed by atoms with van der Waals surface area (Å²) >= 11 is 1.36. The Morgan fingerprint density at radius 1 is 1.25 bits per heavy atom. The molecule has 0 saturated heterocycles. The van der Waals surface area contributed by atoms with Crippen LogP contribution >= 0.6 is 11.3 Å². The summed E-state index contributed by atoms with van der Waals surface area (Å²) in [6.07, 6.45) is 0. The number of thiazole rings is 1. The topological polar surface area (TPSA) is 62.2 Å². The van der Waals surface area contributed by atoms with Crippen molar-refractivity contribution >= 4 is 33.1 Å². The number of aryl methyl sites for hydroxylation is 1. The third-order valence-electron chi connectivity index (χ3n) is 2.98. The smallest absolute Gasteiger partial charge is 0.261 e. The average Bonchev–Trinajstić information content (AvgIpc) is 2.84. The van der Waals surface area contributed by atoms with E-state index in [0.29, 0.717) is 10.5 Å². The molecule has 0 aliphatic heterocycles. The fourth-order valence-electron chi connectivity index (χ4n) is 2.01. The zero-order chi connectivity index (χ0) is 14.1. The number of carbonyl (C=O) groups excluding carboxylic acids is 1. The molecule has 0 aliphatic rings. The van der Waals surface area contributed by atoms with Crippen LogP contribution in [0.15, 0.2) is 41.8 Å². The van der Waals surface area contributed by atoms with E-state index in [-0.39, 0.29) is 17.2 Å². The molecule has 1 aromatic heterocycles. The number of nitrogens with one attached hydrogen (secondary N) is 1. The van der Waals surface area contributed by atoms with Gasteiger partial charge in [-0.2, -0.15) is 0 Å². The first kappa shape index (κ1) is 12.6. The van der Waals surface area contributed by atoms with Crippen LogP contribution in [0.5, 0.6) is 5.75 Å². The Kier molecular flexibility index (Phi) is 3.12. The highest BCUT2D eigenvalue weighted by molar-refractivity contribution is 7.13. The second-order valence-corrected chi connectivity index (χ2v) is 5.29. The van der Waals surface area contributed by atoms with Gasteiger partial charge in [0.15, 0.2) is 5.13 Å². The molecule has 0 atom stereocenters. The van der Waals surface area contributed by atoms with Crippen LogP contribution in [0.4, 0.5) is 5.13 Å². The molecule has 0 saturated carbocycles. The number of fused-ring (bicyclic) bond motifs is 1. The average molecular weight is 284 g/mol. The number of benzene rings is 2. The van der Waals surface area contributed by atoms with Gasteiger partial charge in [-0.05, 0) is 18.4 Å². The lowest BCUT2D eigenvalue weighted by atomic mass is 10.1. The summed E-state index contributed by atoms with van der Waals surface area (Å²) in [6, 6.07) is 10.8. The van der Waals surface area contributed by atoms with Crippen molar-refractivity contribution in [2.24, 2.45) is 0 Å². The van der Waals surface area contributed by atoms with Crippen LogP contribution in [0.1, 0.15) is 16.1 Å². The highest BCUT2D eigenvalue weighted by Gasteiger charge is 2.14. The van der Waals surface area contributed by atoms with Crippen molar-refractivity contribution in [2.45, 2.75) is 6.92 Å². The summed E-state index contributed by atoms with van der Waals surface area (Å²) in [5.41, 5.74) is 1.10. The van der Waals surface area contributed by atoms with Crippen molar-refractivity contribution in [3.05, 3.63) is 53.0 Å². The van der Waals surface area contributed by atoms with Gasteiger partial charge < -0.3 is 5.11 Å². The number of carbonyl (C=O) groups is 1. The Balaban J connectivity index is 1.97. The maximum atomic E-state index is 12.2. The number of rotatable bonds is 2. The van der Waals surface area contributed by atoms with E-state index in [1.165, 1.54) is 11.3 Å². The van der Waals surface area contributed by atoms with Crippen LogP contribution in [0.3, 0.4) is 0 Å². The maximum Gasteiger partial charge on any atom is 0.261 e. The maximum absolute atomic E-state index is 12.2. The van der Waals surface area contributed by atoms with Gasteiger partial charge >= 0.3 is 0 Å². The predicted octanol–water partition coefficient (Wildman–Crippen LogP) is 3.56. The molecule has 2 N–H and O–H groups in total. The molecule has 100 valence electrons. The Hall–Kier alpha value is -2.40. The third-order valence-corrected chi connectivity index (χ3v) is 3.86. The van der Waals surface area contributed by atoms with Crippen molar-refractivity contribution in [2.75, 3.05) is 5.32 Å². The molecule has 0 unspecified atom stereocenters. The standard InChI is InChI=1S/C15H12N2O2S/c1-9-8-20-15(16-9)17-14(19)12-7-6-10-4-2-3-5-11(10)13(12)18/h2-8,18H,1H3,(H,16,17,19). The quantitative estimate of drug-likeness (QED) is 0.756. The van der Waals surface area contributed by atoms with Gasteiger partial charge in [-0.1, -0.05) is 30.3 Å². The van der Waals surface area contributed by atoms with Crippen LogP contribution in [0.25, 0.3) is 10.8 Å². The minimum absolute atomic E-state index is 0.00567. The zero-order valence-electron chi connectivity index (χ0n) is 10.8. The first-order valence-electron chi connectivity index (χ1n) is 6.09. The van der Waals surface area contributed by atoms with E-state index in [2.05, 4.69) is 10.3 Å². The Morgan fingerprint density at radius 2 is 2.05 bits per heavy atom. The van der Waals surface area contributed by atoms with E-state index in [1.807, 2.05) is 36.6 Å². The fourth-order valence-corrected chi connectivity index (χ4v) is 2.70. The lowest BCUT2D eigenvalue weighted by Crippen LogP contribution is -2.12. The summed E-state index contributed by atoms with van der Waals surface area (Å²) in [5, 5.41) is 16.9. The Labute approximate surface area is 119 Å². The van der Waals surface area contributed by atoms with Gasteiger partial charge in [-0.15, -0.1) is 11.3 Å². The highest BCUT2D eigenvalue weighted by atomic mass is 32.1. The van der Waals surface area contributed by atoms with E-state index in [1.54, 1.807) is 12.1 Å². The molecule has 2 aromatic carbocycles. The molecule has 0 aliphatic carbocycles. The number of phenols is 1. The minimum atomic E-state index is -0.359. The van der Waals surface area contributed by atoms with E-state index >= 15 is 0 Å². The molecule has 0 radical (unpaired) electrons. The van der Waals surface area contributed by atoms with Crippen LogP contribution < -0.4 is 5.32 Å². The first-order chi connectivity index (χ1) is 9.65. The molecule has 20 heavy (non-hydrogen) atoms. The molecular weight excluding hydrogens is 272 g/mol. The summed E-state index contributed by atoms with van der Waals surface area (Å²) in [4.78, 5) is 16.4. The summed E-state index contributed by atoms with van der Waals surface area (Å²) in [6.45, 7) is 1.86. The van der Waals surface area contributed by atoms with Gasteiger partial charge in [-0.25, -0.2) is 4.98 Å². The van der Waals surface area contributed by atoms with Crippen LogP contribution in [-0.2, 0) is 0 Å². The van der Waals surface area contributed by atoms with E-state index in [9.17, 15) is 9.90 Å². The second-order valence-electron chi connectivity index (χ2n) is 4.43. The van der Waals surface area contributed by atoms with Crippen molar-refractivity contribution in [1.29, 1.82) is 0 Å². The third kappa shape index (κ3) is 2.23. The molecule has 0 spiro atoms. The zero-order valence-corrected chi connectivity index (χ0v) is 11.6. The lowest BCUT2D eigenvalue weighted by molar-refractivity contribution is 0.102. The summed E-state index contributed by atoms with van der Waals surface area (Å²) < 4.78 is 0. The van der Waals surface area contributed by atoms with Crippen LogP contribution in [0, 0.1) is 6.92 Å². The predicted molar refractivity (Wildman–Crippen MR) is 80.4 cm³/mol. The number of aromatic hydroxyl groups is 1. The van der Waals surface area contributed by atoms with Gasteiger partial charge in [0.2, 0.25) is 0 Å². The monoisotopic (exact) mass is 284 g/mol. The molecule has 3 rings (SSSR count). The number of aromatic nitrogens is 1. The largest absolute Gasteiger partial charge is 0.506 e. The van der Waals surface area contributed by atoms with Crippen molar-refractivity contribution in [3.8, 4) is 5.75 Å². The number of hydrogen-bond acceptors (Lipinski definition) is 4. The normalized spacial score (nSPS) is 10.7. The second kappa shape index (κ2) is 4.94. The first-order valence-corrected chi connectivity index (χ1v) is 6.97. The highest BCUT2D eigenvalue weighted by Crippen LogP contribution is 2.29. The minimum Gasteiger partial charge on any atom is -0.506 e. The van der Waals surface area contributed by atoms with Crippen LogP contribution in [0.2, 0.25) is 0 Å². The molecule has 3 aromatic rings. The van der Waals surface area contributed by atoms with Gasteiger partial charge in [0.05, 0.1) is 11.3 Å². The van der Waals surface area contributed by atoms with E-state index in [4.69, 9.17) is 0 Å². The molecule has 5 heteroatoms. The van der Waals surface area contributed by atoms with Crippen LogP contribution in [-0.4, -0.2) is 16.0 Å². The molecular formula is C15H12N2O2S. The van der Waals surface area contributed by atoms with E-state index < -0.39 is 0 Å². The molecule has 0 fully saturated rings. The number of nitrogens with zero attached hydrogens (tertiary/aromatic N) is 1.